The second-order valence-corrected chi connectivity index (χ2v) is 4.77. The smallest absolute Gasteiger partial charge is 0.183 e. The van der Waals surface area contributed by atoms with E-state index in [1.807, 2.05) is 38.1 Å². The van der Waals surface area contributed by atoms with E-state index in [9.17, 15) is 8.78 Å². The summed E-state index contributed by atoms with van der Waals surface area (Å²) in [5.74, 6) is -1.91. The summed E-state index contributed by atoms with van der Waals surface area (Å²) in [6.45, 7) is 4.05. The first-order valence-electron chi connectivity index (χ1n) is 6.28. The molecule has 2 rings (SSSR count). The summed E-state index contributed by atoms with van der Waals surface area (Å²) >= 11 is 0. The number of benzene rings is 2. The molecule has 0 unspecified atom stereocenters. The lowest BCUT2D eigenvalue weighted by Crippen LogP contribution is -2.01. The van der Waals surface area contributed by atoms with Crippen molar-refractivity contribution in [1.29, 1.82) is 5.26 Å². The van der Waals surface area contributed by atoms with Crippen LogP contribution < -0.4 is 5.32 Å². The summed E-state index contributed by atoms with van der Waals surface area (Å²) in [5, 5.41) is 11.6. The van der Waals surface area contributed by atoms with Crippen LogP contribution in [0.4, 0.5) is 20.2 Å². The Morgan fingerprint density at radius 3 is 2.35 bits per heavy atom. The highest BCUT2D eigenvalue weighted by Gasteiger charge is 2.14. The number of hydrogen-bond acceptors (Lipinski definition) is 2. The van der Waals surface area contributed by atoms with Crippen molar-refractivity contribution in [3.05, 3.63) is 59.2 Å². The highest BCUT2D eigenvalue weighted by molar-refractivity contribution is 5.65. The highest BCUT2D eigenvalue weighted by atomic mass is 19.2. The quantitative estimate of drug-likeness (QED) is 0.878. The summed E-state index contributed by atoms with van der Waals surface area (Å²) in [5.41, 5.74) is 1.46. The zero-order valence-electron chi connectivity index (χ0n) is 11.2. The summed E-state index contributed by atoms with van der Waals surface area (Å²) in [7, 11) is 0. The van der Waals surface area contributed by atoms with E-state index < -0.39 is 11.6 Å². The topological polar surface area (TPSA) is 35.8 Å². The number of nitrogens with one attached hydrogen (secondary N) is 1. The number of halogens is 2. The molecular formula is C16H14F2N2. The molecule has 0 atom stereocenters. The molecule has 102 valence electrons. The van der Waals surface area contributed by atoms with Gasteiger partial charge in [0.15, 0.2) is 11.6 Å². The van der Waals surface area contributed by atoms with Crippen molar-refractivity contribution in [2.75, 3.05) is 5.32 Å². The number of hydrogen-bond donors (Lipinski definition) is 1. The van der Waals surface area contributed by atoms with Crippen LogP contribution in [0.15, 0.2) is 36.4 Å². The Morgan fingerprint density at radius 2 is 1.70 bits per heavy atom. The Hall–Kier alpha value is -2.41. The van der Waals surface area contributed by atoms with Gasteiger partial charge < -0.3 is 5.32 Å². The van der Waals surface area contributed by atoms with Gasteiger partial charge >= 0.3 is 0 Å². The van der Waals surface area contributed by atoms with E-state index in [-0.39, 0.29) is 17.2 Å². The van der Waals surface area contributed by atoms with Crippen molar-refractivity contribution in [3.8, 4) is 6.07 Å². The van der Waals surface area contributed by atoms with Gasteiger partial charge in [-0.2, -0.15) is 5.26 Å². The van der Waals surface area contributed by atoms with Crippen molar-refractivity contribution in [2.24, 2.45) is 0 Å². The summed E-state index contributed by atoms with van der Waals surface area (Å²) in [4.78, 5) is 0. The van der Waals surface area contributed by atoms with Crippen LogP contribution in [0.2, 0.25) is 0 Å². The van der Waals surface area contributed by atoms with Crippen molar-refractivity contribution in [2.45, 2.75) is 19.8 Å². The Bertz CT molecular complexity index is 673. The Balaban J connectivity index is 2.42. The average molecular weight is 272 g/mol. The molecule has 0 fully saturated rings. The minimum Gasteiger partial charge on any atom is -0.353 e. The minimum absolute atomic E-state index is 0.0228. The second-order valence-electron chi connectivity index (χ2n) is 4.77. The van der Waals surface area contributed by atoms with E-state index in [0.717, 1.165) is 11.3 Å². The number of anilines is 2. The second kappa shape index (κ2) is 5.70. The fourth-order valence-corrected chi connectivity index (χ4v) is 1.99. The third kappa shape index (κ3) is 2.62. The molecule has 0 spiro atoms. The van der Waals surface area contributed by atoms with E-state index in [1.54, 1.807) is 6.07 Å². The summed E-state index contributed by atoms with van der Waals surface area (Å²) in [6, 6.07) is 11.7. The normalized spacial score (nSPS) is 10.4. The molecule has 2 aromatic carbocycles. The molecule has 0 radical (unpaired) electrons. The molecule has 20 heavy (non-hydrogen) atoms. The van der Waals surface area contributed by atoms with Gasteiger partial charge in [-0.25, -0.2) is 8.78 Å². The lowest BCUT2D eigenvalue weighted by molar-refractivity contribution is 0.509. The summed E-state index contributed by atoms with van der Waals surface area (Å²) in [6.07, 6.45) is 0. The van der Waals surface area contributed by atoms with E-state index >= 15 is 0 Å². The third-order valence-corrected chi connectivity index (χ3v) is 3.05. The van der Waals surface area contributed by atoms with E-state index in [1.165, 1.54) is 12.1 Å². The number of nitriles is 1. The number of nitrogens with zero attached hydrogens (tertiary/aromatic N) is 1. The van der Waals surface area contributed by atoms with Crippen LogP contribution in [-0.2, 0) is 0 Å². The van der Waals surface area contributed by atoms with Crippen LogP contribution in [0.1, 0.15) is 30.9 Å². The van der Waals surface area contributed by atoms with Gasteiger partial charge in [-0.3, -0.25) is 0 Å². The first-order chi connectivity index (χ1) is 9.54. The molecule has 0 aliphatic rings. The monoisotopic (exact) mass is 272 g/mol. The number of rotatable bonds is 3. The number of para-hydroxylation sites is 1. The predicted octanol–water partition coefficient (Wildman–Crippen LogP) is 4.70. The van der Waals surface area contributed by atoms with E-state index in [0.29, 0.717) is 0 Å². The van der Waals surface area contributed by atoms with Gasteiger partial charge in [-0.1, -0.05) is 32.0 Å². The zero-order chi connectivity index (χ0) is 14.7. The largest absolute Gasteiger partial charge is 0.353 e. The SMILES string of the molecule is CC(C)c1ccccc1Nc1ccc(C#N)c(F)c1F. The Morgan fingerprint density at radius 1 is 1.00 bits per heavy atom. The van der Waals surface area contributed by atoms with Gasteiger partial charge in [0, 0.05) is 5.69 Å². The zero-order valence-corrected chi connectivity index (χ0v) is 11.2. The van der Waals surface area contributed by atoms with Gasteiger partial charge in [0.05, 0.1) is 11.3 Å². The molecule has 4 heteroatoms. The van der Waals surface area contributed by atoms with Crippen molar-refractivity contribution in [3.63, 3.8) is 0 Å². The average Bonchev–Trinajstić information content (AvgIpc) is 2.44. The molecule has 0 aliphatic carbocycles. The van der Waals surface area contributed by atoms with Gasteiger partial charge in [-0.15, -0.1) is 0 Å². The third-order valence-electron chi connectivity index (χ3n) is 3.05. The lowest BCUT2D eigenvalue weighted by Gasteiger charge is -2.15. The maximum absolute atomic E-state index is 13.9. The standard InChI is InChI=1S/C16H14F2N2/c1-10(2)12-5-3-4-6-13(12)20-14-8-7-11(9-19)15(17)16(14)18/h3-8,10,20H,1-2H3. The molecule has 0 saturated carbocycles. The molecule has 0 heterocycles. The molecule has 1 N–H and O–H groups in total. The van der Waals surface area contributed by atoms with Crippen molar-refractivity contribution < 1.29 is 8.78 Å². The fourth-order valence-electron chi connectivity index (χ4n) is 1.99. The molecule has 2 aromatic rings. The summed E-state index contributed by atoms with van der Waals surface area (Å²) < 4.78 is 27.5. The first kappa shape index (κ1) is 14.0. The molecule has 0 amide bonds. The maximum atomic E-state index is 13.9. The van der Waals surface area contributed by atoms with Crippen LogP contribution in [0, 0.1) is 23.0 Å². The van der Waals surface area contributed by atoms with Gasteiger partial charge in [-0.05, 0) is 29.7 Å². The molecule has 0 bridgehead atoms. The first-order valence-corrected chi connectivity index (χ1v) is 6.28. The maximum Gasteiger partial charge on any atom is 0.183 e. The molecule has 0 aliphatic heterocycles. The molecule has 2 nitrogen and oxygen atoms in total. The van der Waals surface area contributed by atoms with Gasteiger partial charge in [0.2, 0.25) is 0 Å². The fraction of sp³-hybridized carbons (Fsp3) is 0.188. The molecule has 0 aromatic heterocycles. The van der Waals surface area contributed by atoms with Gasteiger partial charge in [0.1, 0.15) is 6.07 Å². The van der Waals surface area contributed by atoms with Crippen LogP contribution in [0.5, 0.6) is 0 Å². The molecular weight excluding hydrogens is 258 g/mol. The van der Waals surface area contributed by atoms with Crippen molar-refractivity contribution in [1.82, 2.24) is 0 Å². The highest BCUT2D eigenvalue weighted by Crippen LogP contribution is 2.29. The van der Waals surface area contributed by atoms with Gasteiger partial charge in [0.25, 0.3) is 0 Å². The predicted molar refractivity (Wildman–Crippen MR) is 74.9 cm³/mol. The van der Waals surface area contributed by atoms with Crippen LogP contribution in [-0.4, -0.2) is 0 Å². The van der Waals surface area contributed by atoms with Crippen LogP contribution >= 0.6 is 0 Å². The Labute approximate surface area is 116 Å². The van der Waals surface area contributed by atoms with Crippen LogP contribution in [0.25, 0.3) is 0 Å². The lowest BCUT2D eigenvalue weighted by atomic mass is 10.0. The van der Waals surface area contributed by atoms with Crippen molar-refractivity contribution >= 4 is 11.4 Å². The Kier molecular flexibility index (Phi) is 3.99. The van der Waals surface area contributed by atoms with Crippen LogP contribution in [0.3, 0.4) is 0 Å². The van der Waals surface area contributed by atoms with E-state index in [4.69, 9.17) is 5.26 Å². The van der Waals surface area contributed by atoms with E-state index in [2.05, 4.69) is 5.32 Å². The minimum atomic E-state index is -1.13. The molecule has 0 saturated heterocycles.